The van der Waals surface area contributed by atoms with Crippen LogP contribution in [0.2, 0.25) is 0 Å². The van der Waals surface area contributed by atoms with Crippen LogP contribution in [0.15, 0.2) is 51.1 Å². The number of benzene rings is 1. The Bertz CT molecular complexity index is 736. The molecule has 0 atom stereocenters. The number of aliphatic imine (C=N–C) groups is 1. The van der Waals surface area contributed by atoms with Crippen LogP contribution >= 0.6 is 23.2 Å². The summed E-state index contributed by atoms with van der Waals surface area (Å²) in [5.74, 6) is -0.0174. The molecular weight excluding hydrogens is 373 g/mol. The van der Waals surface area contributed by atoms with Crippen molar-refractivity contribution in [1.82, 2.24) is 5.32 Å². The molecule has 0 bridgehead atoms. The molecule has 0 fully saturated rings. The highest BCUT2D eigenvalue weighted by Crippen LogP contribution is 2.29. The van der Waals surface area contributed by atoms with E-state index in [9.17, 15) is 10.0 Å². The monoisotopic (exact) mass is 397 g/mol. The normalized spacial score (nSPS) is 13.6. The van der Waals surface area contributed by atoms with Gasteiger partial charge < -0.3 is 5.32 Å². The van der Waals surface area contributed by atoms with Crippen molar-refractivity contribution in [1.29, 1.82) is 0 Å². The third-order valence-corrected chi connectivity index (χ3v) is 3.84. The largest absolute Gasteiger partial charge is 0.330 e. The molecule has 2 N–H and O–H groups in total. The predicted molar refractivity (Wildman–Crippen MR) is 110 cm³/mol. The van der Waals surface area contributed by atoms with Crippen molar-refractivity contribution in [2.75, 3.05) is 5.06 Å². The van der Waals surface area contributed by atoms with Crippen LogP contribution in [-0.4, -0.2) is 22.9 Å². The van der Waals surface area contributed by atoms with Crippen LogP contribution in [0.5, 0.6) is 0 Å². The zero-order chi connectivity index (χ0) is 19.9. The van der Waals surface area contributed by atoms with Gasteiger partial charge in [0.1, 0.15) is 11.0 Å². The van der Waals surface area contributed by atoms with Crippen LogP contribution in [0.4, 0.5) is 11.4 Å². The summed E-state index contributed by atoms with van der Waals surface area (Å²) in [5, 5.41) is 15.0. The number of halogens is 2. The lowest BCUT2D eigenvalue weighted by Crippen LogP contribution is -2.28. The number of ketones is 1. The number of para-hydroxylation sites is 2. The summed E-state index contributed by atoms with van der Waals surface area (Å²) in [6.07, 6.45) is 2.48. The molecule has 0 saturated heterocycles. The second-order valence-corrected chi connectivity index (χ2v) is 6.91. The van der Waals surface area contributed by atoms with E-state index in [1.807, 2.05) is 20.8 Å². The molecule has 0 aliphatic rings. The Morgan fingerprint density at radius 1 is 1.31 bits per heavy atom. The highest BCUT2D eigenvalue weighted by molar-refractivity contribution is 6.38. The Morgan fingerprint density at radius 2 is 1.92 bits per heavy atom. The average molecular weight is 398 g/mol. The van der Waals surface area contributed by atoms with E-state index < -0.39 is 0 Å². The first-order valence-corrected chi connectivity index (χ1v) is 9.10. The van der Waals surface area contributed by atoms with Crippen molar-refractivity contribution in [3.05, 3.63) is 46.1 Å². The van der Waals surface area contributed by atoms with Gasteiger partial charge in [0.25, 0.3) is 0 Å². The second kappa shape index (κ2) is 10.4. The number of nitrogens with one attached hydrogen (secondary N) is 1. The van der Waals surface area contributed by atoms with Crippen LogP contribution in [0.3, 0.4) is 0 Å². The molecule has 142 valence electrons. The quantitative estimate of drug-likeness (QED) is 0.209. The maximum absolute atomic E-state index is 12.1. The summed E-state index contributed by atoms with van der Waals surface area (Å²) in [6, 6.07) is 6.92. The molecule has 0 aromatic heterocycles. The summed E-state index contributed by atoms with van der Waals surface area (Å²) in [5.41, 5.74) is 1.22. The zero-order valence-corrected chi connectivity index (χ0v) is 17.2. The van der Waals surface area contributed by atoms with E-state index in [0.717, 1.165) is 5.06 Å². The van der Waals surface area contributed by atoms with E-state index in [0.29, 0.717) is 28.0 Å². The Balaban J connectivity index is 3.56. The SMILES string of the molecule is CC/C=C(\Cl)NC(=Nc1ccccc1N(O)C(C)C)/C(C(C)=O)=C(\C)Cl. The molecule has 0 spiro atoms. The minimum absolute atomic E-state index is 0.149. The van der Waals surface area contributed by atoms with Gasteiger partial charge in [0.15, 0.2) is 5.78 Å². The van der Waals surface area contributed by atoms with Gasteiger partial charge in [0.2, 0.25) is 0 Å². The van der Waals surface area contributed by atoms with Crippen LogP contribution in [0.25, 0.3) is 0 Å². The van der Waals surface area contributed by atoms with Crippen molar-refractivity contribution in [2.24, 2.45) is 4.99 Å². The molecule has 0 amide bonds. The lowest BCUT2D eigenvalue weighted by Gasteiger charge is -2.23. The van der Waals surface area contributed by atoms with Crippen molar-refractivity contribution in [3.8, 4) is 0 Å². The Hall–Kier alpha value is -1.82. The summed E-state index contributed by atoms with van der Waals surface area (Å²) < 4.78 is 0. The van der Waals surface area contributed by atoms with Crippen LogP contribution in [-0.2, 0) is 4.79 Å². The number of nitrogens with zero attached hydrogens (tertiary/aromatic N) is 2. The Kier molecular flexibility index (Phi) is 8.85. The van der Waals surface area contributed by atoms with Gasteiger partial charge in [-0.3, -0.25) is 15.1 Å². The number of rotatable bonds is 7. The topological polar surface area (TPSA) is 64.9 Å². The van der Waals surface area contributed by atoms with Gasteiger partial charge in [0, 0.05) is 5.03 Å². The molecule has 0 aliphatic heterocycles. The first-order chi connectivity index (χ1) is 12.2. The summed E-state index contributed by atoms with van der Waals surface area (Å²) >= 11 is 12.3. The fourth-order valence-corrected chi connectivity index (χ4v) is 2.68. The van der Waals surface area contributed by atoms with E-state index in [-0.39, 0.29) is 23.2 Å². The van der Waals surface area contributed by atoms with Gasteiger partial charge in [-0.15, -0.1) is 0 Å². The van der Waals surface area contributed by atoms with Gasteiger partial charge in [-0.05, 0) is 52.3 Å². The van der Waals surface area contributed by atoms with E-state index in [1.54, 1.807) is 37.3 Å². The molecule has 0 saturated carbocycles. The van der Waals surface area contributed by atoms with E-state index in [4.69, 9.17) is 23.2 Å². The number of anilines is 1. The van der Waals surface area contributed by atoms with Gasteiger partial charge >= 0.3 is 0 Å². The van der Waals surface area contributed by atoms with Crippen molar-refractivity contribution in [3.63, 3.8) is 0 Å². The minimum atomic E-state index is -0.244. The van der Waals surface area contributed by atoms with E-state index in [2.05, 4.69) is 10.3 Å². The van der Waals surface area contributed by atoms with Crippen LogP contribution < -0.4 is 10.4 Å². The number of allylic oxidation sites excluding steroid dienone is 2. The maximum atomic E-state index is 12.1. The van der Waals surface area contributed by atoms with Crippen molar-refractivity contribution < 1.29 is 10.0 Å². The lowest BCUT2D eigenvalue weighted by molar-refractivity contribution is -0.113. The first kappa shape index (κ1) is 22.2. The number of amidine groups is 1. The molecule has 1 rings (SSSR count). The average Bonchev–Trinajstić information content (AvgIpc) is 2.54. The first-order valence-electron chi connectivity index (χ1n) is 8.35. The molecule has 0 aliphatic carbocycles. The number of hydroxylamine groups is 1. The summed E-state index contributed by atoms with van der Waals surface area (Å²) in [6.45, 7) is 8.67. The molecular formula is C19H25Cl2N3O2. The van der Waals surface area contributed by atoms with Gasteiger partial charge in [-0.1, -0.05) is 42.3 Å². The van der Waals surface area contributed by atoms with E-state index in [1.165, 1.54) is 6.92 Å². The van der Waals surface area contributed by atoms with Crippen LogP contribution in [0.1, 0.15) is 41.0 Å². The van der Waals surface area contributed by atoms with Crippen molar-refractivity contribution >= 4 is 46.2 Å². The second-order valence-electron chi connectivity index (χ2n) is 5.94. The standard InChI is InChI=1S/C19H25Cl2N3O2/c1-6-9-17(21)23-19(18(13(4)20)14(5)25)22-15-10-7-8-11-16(15)24(26)12(2)3/h7-12,26H,6H2,1-5H3,(H,22,23)/b17-9+,18-13+. The number of Topliss-reactive ketones (excluding diaryl/α,β-unsaturated/α-hetero) is 1. The molecule has 1 aromatic rings. The van der Waals surface area contributed by atoms with Gasteiger partial charge in [-0.2, -0.15) is 0 Å². The molecule has 0 radical (unpaired) electrons. The number of carbonyl (C=O) groups is 1. The number of hydrogen-bond acceptors (Lipinski definition) is 4. The van der Waals surface area contributed by atoms with Gasteiger partial charge in [-0.25, -0.2) is 4.99 Å². The smallest absolute Gasteiger partial charge is 0.164 e. The van der Waals surface area contributed by atoms with Crippen LogP contribution in [0, 0.1) is 0 Å². The molecule has 0 heterocycles. The highest BCUT2D eigenvalue weighted by atomic mass is 35.5. The molecule has 1 aromatic carbocycles. The molecule has 7 heteroatoms. The Labute approximate surface area is 165 Å². The fourth-order valence-electron chi connectivity index (χ4n) is 2.21. The third kappa shape index (κ3) is 6.16. The number of carbonyl (C=O) groups excluding carboxylic acids is 1. The highest BCUT2D eigenvalue weighted by Gasteiger charge is 2.18. The predicted octanol–water partition coefficient (Wildman–Crippen LogP) is 5.50. The minimum Gasteiger partial charge on any atom is -0.330 e. The molecule has 0 unspecified atom stereocenters. The maximum Gasteiger partial charge on any atom is 0.164 e. The molecule has 26 heavy (non-hydrogen) atoms. The molecule has 5 nitrogen and oxygen atoms in total. The van der Waals surface area contributed by atoms with Crippen molar-refractivity contribution in [2.45, 2.75) is 47.1 Å². The summed E-state index contributed by atoms with van der Waals surface area (Å²) in [7, 11) is 0. The fraction of sp³-hybridized carbons (Fsp3) is 0.368. The van der Waals surface area contributed by atoms with E-state index >= 15 is 0 Å². The summed E-state index contributed by atoms with van der Waals surface area (Å²) in [4.78, 5) is 16.6. The zero-order valence-electron chi connectivity index (χ0n) is 15.7. The Morgan fingerprint density at radius 3 is 2.42 bits per heavy atom. The lowest BCUT2D eigenvalue weighted by atomic mass is 10.1. The number of hydrogen-bond donors (Lipinski definition) is 2. The van der Waals surface area contributed by atoms with Gasteiger partial charge in [0.05, 0.1) is 23.0 Å². The third-order valence-electron chi connectivity index (χ3n) is 3.40.